The van der Waals surface area contributed by atoms with Crippen LogP contribution in [0.4, 0.5) is 20.5 Å². The first-order chi connectivity index (χ1) is 15.6. The summed E-state index contributed by atoms with van der Waals surface area (Å²) in [6, 6.07) is 9.84. The third-order valence-corrected chi connectivity index (χ3v) is 5.80. The number of likely N-dealkylation sites (tertiary alicyclic amines) is 1. The van der Waals surface area contributed by atoms with Gasteiger partial charge < -0.3 is 10.6 Å². The molecule has 32 heavy (non-hydrogen) atoms. The minimum Gasteiger partial charge on any atom is -0.371 e. The normalized spacial score (nSPS) is 15.6. The van der Waals surface area contributed by atoms with Gasteiger partial charge in [-0.25, -0.2) is 18.3 Å². The number of pyridine rings is 2. The molecule has 8 nitrogen and oxygen atoms in total. The van der Waals surface area contributed by atoms with Crippen molar-refractivity contribution in [3.05, 3.63) is 42.7 Å². The maximum atomic E-state index is 12.6. The number of piperidine rings is 1. The molecule has 0 radical (unpaired) electrons. The van der Waals surface area contributed by atoms with Gasteiger partial charge in [-0.2, -0.15) is 4.98 Å². The Kier molecular flexibility index (Phi) is 5.52. The summed E-state index contributed by atoms with van der Waals surface area (Å²) in [4.78, 5) is 15.6. The van der Waals surface area contributed by atoms with Gasteiger partial charge >= 0.3 is 0 Å². The van der Waals surface area contributed by atoms with E-state index < -0.39 is 6.43 Å². The van der Waals surface area contributed by atoms with Gasteiger partial charge in [-0.1, -0.05) is 0 Å². The van der Waals surface area contributed by atoms with E-state index in [1.54, 1.807) is 15.6 Å². The summed E-state index contributed by atoms with van der Waals surface area (Å²) in [7, 11) is 1.82. The van der Waals surface area contributed by atoms with E-state index in [0.29, 0.717) is 24.9 Å². The van der Waals surface area contributed by atoms with Gasteiger partial charge in [0.25, 0.3) is 6.43 Å². The molecule has 10 heteroatoms. The summed E-state index contributed by atoms with van der Waals surface area (Å²) in [6.45, 7) is 1.11. The van der Waals surface area contributed by atoms with Crippen molar-refractivity contribution >= 4 is 28.3 Å². The maximum Gasteiger partial charge on any atom is 0.251 e. The predicted molar refractivity (Wildman–Crippen MR) is 120 cm³/mol. The van der Waals surface area contributed by atoms with E-state index in [2.05, 4.69) is 25.7 Å². The van der Waals surface area contributed by atoms with E-state index in [-0.39, 0.29) is 12.6 Å². The smallest absolute Gasteiger partial charge is 0.251 e. The monoisotopic (exact) mass is 438 g/mol. The van der Waals surface area contributed by atoms with Crippen LogP contribution in [0, 0.1) is 0 Å². The van der Waals surface area contributed by atoms with Crippen molar-refractivity contribution in [2.45, 2.75) is 25.3 Å². The van der Waals surface area contributed by atoms with Crippen LogP contribution < -0.4 is 10.6 Å². The van der Waals surface area contributed by atoms with Crippen molar-refractivity contribution in [1.82, 2.24) is 29.5 Å². The van der Waals surface area contributed by atoms with Gasteiger partial charge in [-0.15, -0.1) is 5.10 Å². The Bertz CT molecular complexity index is 1230. The number of hydrogen-bond donors (Lipinski definition) is 2. The van der Waals surface area contributed by atoms with Crippen molar-refractivity contribution in [2.24, 2.45) is 0 Å². The highest BCUT2D eigenvalue weighted by Crippen LogP contribution is 2.30. The fourth-order valence-corrected chi connectivity index (χ4v) is 4.21. The Hall–Kier alpha value is -3.40. The molecule has 4 aromatic heterocycles. The second-order valence-electron chi connectivity index (χ2n) is 7.91. The summed E-state index contributed by atoms with van der Waals surface area (Å²) < 4.78 is 27.0. The maximum absolute atomic E-state index is 12.6. The number of nitrogens with zero attached hydrogens (tertiary/aromatic N) is 6. The van der Waals surface area contributed by atoms with Crippen LogP contribution in [0.25, 0.3) is 27.8 Å². The van der Waals surface area contributed by atoms with Crippen molar-refractivity contribution in [3.63, 3.8) is 0 Å². The van der Waals surface area contributed by atoms with Crippen LogP contribution in [0.5, 0.6) is 0 Å². The Morgan fingerprint density at radius 3 is 2.72 bits per heavy atom. The quantitative estimate of drug-likeness (QED) is 0.477. The largest absolute Gasteiger partial charge is 0.371 e. The van der Waals surface area contributed by atoms with Crippen LogP contribution in [0.1, 0.15) is 12.8 Å². The number of hydrogen-bond acceptors (Lipinski definition) is 7. The SMILES string of the molecule is CNc1nc(NC2CCN(CC(F)F)CC2)nn2ccc(-c3ccc4ncccc4n3)c12. The van der Waals surface area contributed by atoms with Gasteiger partial charge in [0.2, 0.25) is 5.95 Å². The first-order valence-electron chi connectivity index (χ1n) is 10.7. The average molecular weight is 438 g/mol. The standard InChI is InChI=1S/C22H24F2N8/c1-25-21-20-15(16-4-5-17-18(28-16)3-2-9-26-17)8-12-32(20)30-22(29-21)27-14-6-10-31(11-7-14)13-19(23)24/h2-5,8-9,12,14,19H,6-7,10-11,13H2,1H3,(H2,25,27,29,30). The number of nitrogens with one attached hydrogen (secondary N) is 2. The summed E-state index contributed by atoms with van der Waals surface area (Å²) in [6.07, 6.45) is 2.89. The highest BCUT2D eigenvalue weighted by Gasteiger charge is 2.23. The van der Waals surface area contributed by atoms with E-state index in [9.17, 15) is 8.78 Å². The Labute approximate surface area is 183 Å². The molecule has 1 aliphatic heterocycles. The molecule has 0 amide bonds. The molecule has 0 spiro atoms. The fraction of sp³-hybridized carbons (Fsp3) is 0.364. The van der Waals surface area contributed by atoms with Gasteiger partial charge in [0.1, 0.15) is 5.52 Å². The van der Waals surface area contributed by atoms with Crippen LogP contribution in [0.3, 0.4) is 0 Å². The summed E-state index contributed by atoms with van der Waals surface area (Å²) >= 11 is 0. The zero-order valence-electron chi connectivity index (χ0n) is 17.7. The molecular weight excluding hydrogens is 414 g/mol. The molecule has 5 rings (SSSR count). The Morgan fingerprint density at radius 1 is 1.09 bits per heavy atom. The lowest BCUT2D eigenvalue weighted by atomic mass is 10.1. The molecule has 0 aromatic carbocycles. The molecule has 0 unspecified atom stereocenters. The highest BCUT2D eigenvalue weighted by atomic mass is 19.3. The zero-order chi connectivity index (χ0) is 22.1. The molecule has 1 aliphatic rings. The molecule has 166 valence electrons. The lowest BCUT2D eigenvalue weighted by Gasteiger charge is -2.32. The lowest BCUT2D eigenvalue weighted by Crippen LogP contribution is -2.41. The molecule has 4 aromatic rings. The fourth-order valence-electron chi connectivity index (χ4n) is 4.21. The molecule has 1 fully saturated rings. The molecule has 0 bridgehead atoms. The van der Waals surface area contributed by atoms with Crippen LogP contribution >= 0.6 is 0 Å². The molecule has 0 atom stereocenters. The van der Waals surface area contributed by atoms with Crippen LogP contribution in [-0.4, -0.2) is 68.6 Å². The Balaban J connectivity index is 1.40. The third kappa shape index (κ3) is 4.05. The molecule has 0 saturated carbocycles. The minimum atomic E-state index is -2.29. The minimum absolute atomic E-state index is 0.149. The number of rotatable bonds is 6. The molecule has 5 heterocycles. The lowest BCUT2D eigenvalue weighted by molar-refractivity contribution is 0.0769. The van der Waals surface area contributed by atoms with Gasteiger partial charge in [-0.05, 0) is 43.2 Å². The summed E-state index contributed by atoms with van der Waals surface area (Å²) in [5.74, 6) is 1.19. The van der Waals surface area contributed by atoms with E-state index in [1.165, 1.54) is 0 Å². The van der Waals surface area contributed by atoms with Crippen molar-refractivity contribution in [3.8, 4) is 11.3 Å². The predicted octanol–water partition coefficient (Wildman–Crippen LogP) is 3.52. The highest BCUT2D eigenvalue weighted by molar-refractivity contribution is 5.89. The average Bonchev–Trinajstić information content (AvgIpc) is 3.23. The first-order valence-corrected chi connectivity index (χ1v) is 10.7. The molecule has 0 aliphatic carbocycles. The van der Waals surface area contributed by atoms with Crippen molar-refractivity contribution < 1.29 is 8.78 Å². The van der Waals surface area contributed by atoms with E-state index in [4.69, 9.17) is 4.98 Å². The second kappa shape index (κ2) is 8.62. The number of anilines is 2. The van der Waals surface area contributed by atoms with Crippen LogP contribution in [-0.2, 0) is 0 Å². The van der Waals surface area contributed by atoms with Crippen LogP contribution in [0.2, 0.25) is 0 Å². The molecular formula is C22H24F2N8. The topological polar surface area (TPSA) is 83.3 Å². The number of aromatic nitrogens is 5. The summed E-state index contributed by atoms with van der Waals surface area (Å²) in [5.41, 5.74) is 4.25. The number of fused-ring (bicyclic) bond motifs is 2. The van der Waals surface area contributed by atoms with Gasteiger partial charge in [-0.3, -0.25) is 9.88 Å². The van der Waals surface area contributed by atoms with Gasteiger partial charge in [0.15, 0.2) is 5.82 Å². The van der Waals surface area contributed by atoms with Gasteiger partial charge in [0, 0.05) is 44.1 Å². The first kappa shape index (κ1) is 20.5. The van der Waals surface area contributed by atoms with E-state index >= 15 is 0 Å². The zero-order valence-corrected chi connectivity index (χ0v) is 17.7. The number of alkyl halides is 2. The van der Waals surface area contributed by atoms with Crippen molar-refractivity contribution in [1.29, 1.82) is 0 Å². The van der Waals surface area contributed by atoms with Crippen molar-refractivity contribution in [2.75, 3.05) is 37.3 Å². The van der Waals surface area contributed by atoms with Gasteiger partial charge in [0.05, 0.1) is 23.3 Å². The molecule has 2 N–H and O–H groups in total. The van der Waals surface area contributed by atoms with Crippen LogP contribution in [0.15, 0.2) is 42.7 Å². The van der Waals surface area contributed by atoms with E-state index in [1.807, 2.05) is 43.6 Å². The Morgan fingerprint density at radius 2 is 1.94 bits per heavy atom. The molecule has 1 saturated heterocycles. The third-order valence-electron chi connectivity index (χ3n) is 5.80. The summed E-state index contributed by atoms with van der Waals surface area (Å²) in [5, 5.41) is 11.2. The second-order valence-corrected chi connectivity index (χ2v) is 7.91. The van der Waals surface area contributed by atoms with E-state index in [0.717, 1.165) is 40.6 Å². The number of halogens is 2.